The molecule has 0 aromatic heterocycles. The number of rotatable bonds is 8. The summed E-state index contributed by atoms with van der Waals surface area (Å²) in [7, 11) is 1.47. The molecular weight excluding hydrogens is 439 g/mol. The summed E-state index contributed by atoms with van der Waals surface area (Å²) in [6.45, 7) is 1.85. The lowest BCUT2D eigenvalue weighted by molar-refractivity contribution is -0.121. The fourth-order valence-corrected chi connectivity index (χ4v) is 3.62. The van der Waals surface area contributed by atoms with Gasteiger partial charge in [0.05, 0.1) is 11.6 Å². The number of hydrogen-bond acceptors (Lipinski definition) is 5. The highest BCUT2D eigenvalue weighted by molar-refractivity contribution is 6.32. The predicted octanol–water partition coefficient (Wildman–Crippen LogP) is 3.30. The summed E-state index contributed by atoms with van der Waals surface area (Å²) in [5.41, 5.74) is 2.16. The Labute approximate surface area is 190 Å². The number of nitrogens with one attached hydrogen (secondary N) is 2. The summed E-state index contributed by atoms with van der Waals surface area (Å²) in [4.78, 5) is 25.0. The molecule has 2 aromatic rings. The predicted molar refractivity (Wildman–Crippen MR) is 118 cm³/mol. The van der Waals surface area contributed by atoms with Crippen molar-refractivity contribution in [3.8, 4) is 5.75 Å². The summed E-state index contributed by atoms with van der Waals surface area (Å²) >= 11 is 6.24. The van der Waals surface area contributed by atoms with E-state index < -0.39 is 23.7 Å². The van der Waals surface area contributed by atoms with Crippen LogP contribution in [0.2, 0.25) is 5.02 Å². The number of carbonyl (C=O) groups is 2. The Morgan fingerprint density at radius 2 is 2.03 bits per heavy atom. The molecule has 1 aliphatic heterocycles. The number of aryl methyl sites for hydroxylation is 1. The van der Waals surface area contributed by atoms with Crippen LogP contribution in [0.5, 0.6) is 5.75 Å². The normalized spacial score (nSPS) is 16.7. The summed E-state index contributed by atoms with van der Waals surface area (Å²) in [5, 5.41) is 15.5. The molecule has 32 heavy (non-hydrogen) atoms. The zero-order valence-corrected chi connectivity index (χ0v) is 18.4. The first-order chi connectivity index (χ1) is 15.3. The second kappa shape index (κ2) is 10.6. The van der Waals surface area contributed by atoms with Gasteiger partial charge in [-0.25, -0.2) is 4.39 Å². The molecule has 2 amide bonds. The minimum absolute atomic E-state index is 0.0339. The van der Waals surface area contributed by atoms with Crippen LogP contribution in [0.4, 0.5) is 10.1 Å². The monoisotopic (exact) mass is 462 g/mol. The fraction of sp³-hybridized carbons (Fsp3) is 0.304. The van der Waals surface area contributed by atoms with Gasteiger partial charge >= 0.3 is 0 Å². The average Bonchev–Trinajstić information content (AvgIpc) is 2.75. The van der Waals surface area contributed by atoms with Crippen molar-refractivity contribution in [1.29, 1.82) is 0 Å². The van der Waals surface area contributed by atoms with Crippen LogP contribution >= 0.6 is 11.6 Å². The van der Waals surface area contributed by atoms with E-state index in [1.807, 2.05) is 0 Å². The lowest BCUT2D eigenvalue weighted by Gasteiger charge is -2.24. The second-order valence-electron chi connectivity index (χ2n) is 7.45. The molecule has 0 fully saturated rings. The number of aliphatic hydroxyl groups excluding tert-OH is 1. The van der Waals surface area contributed by atoms with E-state index >= 15 is 0 Å². The molecule has 3 N–H and O–H groups in total. The van der Waals surface area contributed by atoms with Crippen LogP contribution in [0.3, 0.4) is 0 Å². The van der Waals surface area contributed by atoms with Crippen LogP contribution in [0.15, 0.2) is 48.2 Å². The number of ether oxygens (including phenoxy) is 2. The summed E-state index contributed by atoms with van der Waals surface area (Å²) in [5.74, 6) is -1.27. The Bertz CT molecular complexity index is 1030. The number of anilines is 1. The Balaban J connectivity index is 1.80. The molecule has 0 aliphatic carbocycles. The molecule has 3 rings (SSSR count). The third-order valence-corrected chi connectivity index (χ3v) is 5.30. The van der Waals surface area contributed by atoms with E-state index in [2.05, 4.69) is 10.6 Å². The van der Waals surface area contributed by atoms with Gasteiger partial charge in [-0.3, -0.25) is 9.59 Å². The van der Waals surface area contributed by atoms with Crippen LogP contribution in [-0.2, 0) is 14.3 Å². The topological polar surface area (TPSA) is 96.9 Å². The molecule has 0 saturated heterocycles. The van der Waals surface area contributed by atoms with Crippen LogP contribution in [0, 0.1) is 12.7 Å². The van der Waals surface area contributed by atoms with Gasteiger partial charge < -0.3 is 25.2 Å². The largest absolute Gasteiger partial charge is 0.489 e. The molecule has 2 aromatic carbocycles. The van der Waals surface area contributed by atoms with Gasteiger partial charge in [0.1, 0.15) is 24.3 Å². The van der Waals surface area contributed by atoms with E-state index in [0.29, 0.717) is 33.2 Å². The summed E-state index contributed by atoms with van der Waals surface area (Å²) in [6, 6.07) is 8.92. The molecule has 7 nitrogen and oxygen atoms in total. The number of aliphatic hydroxyl groups is 1. The van der Waals surface area contributed by atoms with Crippen molar-refractivity contribution in [2.75, 3.05) is 25.6 Å². The zero-order valence-electron chi connectivity index (χ0n) is 17.7. The zero-order chi connectivity index (χ0) is 23.3. The van der Waals surface area contributed by atoms with Crippen molar-refractivity contribution in [2.45, 2.75) is 25.4 Å². The number of carbonyl (C=O) groups excluding carboxylic acids is 2. The van der Waals surface area contributed by atoms with Gasteiger partial charge in [0, 0.05) is 43.0 Å². The van der Waals surface area contributed by atoms with Crippen molar-refractivity contribution < 1.29 is 28.6 Å². The summed E-state index contributed by atoms with van der Waals surface area (Å²) < 4.78 is 23.8. The van der Waals surface area contributed by atoms with E-state index in [1.165, 1.54) is 25.4 Å². The molecule has 2 unspecified atom stereocenters. The Morgan fingerprint density at radius 3 is 2.72 bits per heavy atom. The van der Waals surface area contributed by atoms with E-state index in [1.54, 1.807) is 31.2 Å². The number of amides is 2. The summed E-state index contributed by atoms with van der Waals surface area (Å²) in [6.07, 6.45) is 0.609. The van der Waals surface area contributed by atoms with Crippen LogP contribution in [0.1, 0.15) is 23.5 Å². The van der Waals surface area contributed by atoms with Gasteiger partial charge in [-0.2, -0.15) is 0 Å². The first-order valence-corrected chi connectivity index (χ1v) is 10.3. The van der Waals surface area contributed by atoms with E-state index in [4.69, 9.17) is 21.1 Å². The standard InChI is InChI=1S/C23H24ClFN2O5/c1-13-7-19(24)21(32-12-16(28)11-31-2)9-20(13)27-23(30)18-10-26-22(29)8-17(18)14-3-5-15(25)6-4-14/h3-7,9-10,16-17,28H,8,11-12H2,1-2H3,(H,26,29)(H,27,30). The molecule has 1 aliphatic rings. The van der Waals surface area contributed by atoms with Crippen molar-refractivity contribution in [1.82, 2.24) is 5.32 Å². The minimum atomic E-state index is -0.831. The van der Waals surface area contributed by atoms with Gasteiger partial charge in [0.2, 0.25) is 5.91 Å². The highest BCUT2D eigenvalue weighted by Gasteiger charge is 2.29. The fourth-order valence-electron chi connectivity index (χ4n) is 3.35. The van der Waals surface area contributed by atoms with Crippen LogP contribution in [-0.4, -0.2) is 43.3 Å². The quantitative estimate of drug-likeness (QED) is 0.559. The van der Waals surface area contributed by atoms with Crippen molar-refractivity contribution in [2.24, 2.45) is 0 Å². The SMILES string of the molecule is COCC(O)COc1cc(NC(=O)C2=CNC(=O)CC2c2ccc(F)cc2)c(C)cc1Cl. The molecule has 0 saturated carbocycles. The number of halogens is 2. The first-order valence-electron chi connectivity index (χ1n) is 9.94. The highest BCUT2D eigenvalue weighted by atomic mass is 35.5. The maximum absolute atomic E-state index is 13.3. The Kier molecular flexibility index (Phi) is 7.84. The first kappa shape index (κ1) is 23.7. The average molecular weight is 463 g/mol. The number of benzene rings is 2. The van der Waals surface area contributed by atoms with Crippen molar-refractivity contribution in [3.05, 3.63) is 70.1 Å². The maximum atomic E-state index is 13.3. The van der Waals surface area contributed by atoms with E-state index in [-0.39, 0.29) is 25.5 Å². The maximum Gasteiger partial charge on any atom is 0.253 e. The minimum Gasteiger partial charge on any atom is -0.489 e. The second-order valence-corrected chi connectivity index (χ2v) is 7.85. The number of methoxy groups -OCH3 is 1. The highest BCUT2D eigenvalue weighted by Crippen LogP contribution is 2.34. The number of hydrogen-bond donors (Lipinski definition) is 3. The van der Waals surface area contributed by atoms with Crippen LogP contribution < -0.4 is 15.4 Å². The van der Waals surface area contributed by atoms with Gasteiger partial charge in [0.15, 0.2) is 0 Å². The molecule has 0 bridgehead atoms. The molecule has 1 heterocycles. The molecule has 9 heteroatoms. The van der Waals surface area contributed by atoms with Gasteiger partial charge in [-0.05, 0) is 36.2 Å². The Hall–Kier alpha value is -2.94. The lowest BCUT2D eigenvalue weighted by Crippen LogP contribution is -2.32. The van der Waals surface area contributed by atoms with E-state index in [0.717, 1.165) is 0 Å². The Morgan fingerprint density at radius 1 is 1.31 bits per heavy atom. The van der Waals surface area contributed by atoms with Crippen LogP contribution in [0.25, 0.3) is 0 Å². The molecule has 0 radical (unpaired) electrons. The molecule has 0 spiro atoms. The van der Waals surface area contributed by atoms with Gasteiger partial charge in [0.25, 0.3) is 5.91 Å². The molecule has 2 atom stereocenters. The third kappa shape index (κ3) is 5.85. The van der Waals surface area contributed by atoms with E-state index in [9.17, 15) is 19.1 Å². The van der Waals surface area contributed by atoms with Crippen molar-refractivity contribution >= 4 is 29.1 Å². The lowest BCUT2D eigenvalue weighted by atomic mass is 9.86. The van der Waals surface area contributed by atoms with Gasteiger partial charge in [-0.1, -0.05) is 23.7 Å². The third-order valence-electron chi connectivity index (χ3n) is 5.01. The van der Waals surface area contributed by atoms with Crippen molar-refractivity contribution in [3.63, 3.8) is 0 Å². The molecular formula is C23H24ClFN2O5. The molecule has 170 valence electrons. The van der Waals surface area contributed by atoms with Gasteiger partial charge in [-0.15, -0.1) is 0 Å². The smallest absolute Gasteiger partial charge is 0.253 e.